The number of halogens is 2. The molecule has 0 atom stereocenters. The van der Waals surface area contributed by atoms with Crippen molar-refractivity contribution in [1.29, 1.82) is 0 Å². The Hall–Kier alpha value is -3.02. The standard InChI is InChI=1S/C19H15F2NO3/c1-25-14-4-2-12(3-5-14)8-15-16(20)9-13(10-17(15)21)11-22-18(23)6-7-19(22)24/h2-7,9-10H,8,11H2,1H3. The Bertz CT molecular complexity index is 818. The number of amides is 2. The monoisotopic (exact) mass is 343 g/mol. The summed E-state index contributed by atoms with van der Waals surface area (Å²) in [7, 11) is 1.54. The highest BCUT2D eigenvalue weighted by Crippen LogP contribution is 2.22. The fraction of sp³-hybridized carbons (Fsp3) is 0.158. The normalized spacial score (nSPS) is 13.6. The van der Waals surface area contributed by atoms with Gasteiger partial charge in [-0.2, -0.15) is 0 Å². The van der Waals surface area contributed by atoms with Gasteiger partial charge in [-0.3, -0.25) is 14.5 Å². The third-order valence-electron chi connectivity index (χ3n) is 3.98. The van der Waals surface area contributed by atoms with Crippen molar-refractivity contribution in [3.05, 3.63) is 76.9 Å². The van der Waals surface area contributed by atoms with Crippen LogP contribution in [0.25, 0.3) is 0 Å². The van der Waals surface area contributed by atoms with Crippen molar-refractivity contribution in [2.75, 3.05) is 7.11 Å². The predicted octanol–water partition coefficient (Wildman–Crippen LogP) is 2.99. The summed E-state index contributed by atoms with van der Waals surface area (Å²) in [6, 6.07) is 9.22. The maximum absolute atomic E-state index is 14.3. The molecule has 0 saturated heterocycles. The summed E-state index contributed by atoms with van der Waals surface area (Å²) in [5.74, 6) is -1.74. The number of methoxy groups -OCH3 is 1. The molecule has 2 aromatic rings. The van der Waals surface area contributed by atoms with Gasteiger partial charge in [0.15, 0.2) is 0 Å². The zero-order valence-electron chi connectivity index (χ0n) is 13.5. The Balaban J connectivity index is 1.80. The summed E-state index contributed by atoms with van der Waals surface area (Å²) in [5, 5.41) is 0. The van der Waals surface area contributed by atoms with E-state index in [9.17, 15) is 18.4 Å². The molecule has 4 nitrogen and oxygen atoms in total. The van der Waals surface area contributed by atoms with Crippen LogP contribution < -0.4 is 4.74 Å². The highest BCUT2D eigenvalue weighted by molar-refractivity contribution is 6.12. The van der Waals surface area contributed by atoms with Crippen molar-refractivity contribution < 1.29 is 23.1 Å². The van der Waals surface area contributed by atoms with Gasteiger partial charge in [0.25, 0.3) is 11.8 Å². The second kappa shape index (κ2) is 6.84. The average Bonchev–Trinajstić information content (AvgIpc) is 2.91. The zero-order chi connectivity index (χ0) is 18.0. The third kappa shape index (κ3) is 3.57. The number of ether oxygens (including phenoxy) is 1. The van der Waals surface area contributed by atoms with E-state index < -0.39 is 23.4 Å². The van der Waals surface area contributed by atoms with Crippen LogP contribution in [0.2, 0.25) is 0 Å². The van der Waals surface area contributed by atoms with Crippen LogP contribution in [0.15, 0.2) is 48.6 Å². The van der Waals surface area contributed by atoms with Crippen LogP contribution in [0.4, 0.5) is 8.78 Å². The van der Waals surface area contributed by atoms with E-state index in [1.807, 2.05) is 0 Å². The van der Waals surface area contributed by atoms with Crippen molar-refractivity contribution in [3.8, 4) is 5.75 Å². The van der Waals surface area contributed by atoms with E-state index in [2.05, 4.69) is 0 Å². The molecule has 0 aliphatic carbocycles. The minimum absolute atomic E-state index is 0.0638. The molecule has 0 fully saturated rings. The second-order valence-corrected chi connectivity index (χ2v) is 5.66. The molecule has 1 heterocycles. The molecular weight excluding hydrogens is 328 g/mol. The van der Waals surface area contributed by atoms with Crippen LogP contribution in [0.1, 0.15) is 16.7 Å². The lowest BCUT2D eigenvalue weighted by Gasteiger charge is -2.15. The molecule has 128 valence electrons. The third-order valence-corrected chi connectivity index (χ3v) is 3.98. The van der Waals surface area contributed by atoms with Gasteiger partial charge in [-0.05, 0) is 35.4 Å². The van der Waals surface area contributed by atoms with E-state index in [1.165, 1.54) is 0 Å². The second-order valence-electron chi connectivity index (χ2n) is 5.66. The molecule has 1 aliphatic heterocycles. The fourth-order valence-electron chi connectivity index (χ4n) is 2.63. The quantitative estimate of drug-likeness (QED) is 0.784. The van der Waals surface area contributed by atoms with Gasteiger partial charge >= 0.3 is 0 Å². The fourth-order valence-corrected chi connectivity index (χ4v) is 2.63. The first-order chi connectivity index (χ1) is 12.0. The molecular formula is C19H15F2NO3. The number of benzene rings is 2. The first kappa shape index (κ1) is 16.8. The minimum atomic E-state index is -0.710. The first-order valence-electron chi connectivity index (χ1n) is 7.61. The number of imide groups is 1. The van der Waals surface area contributed by atoms with E-state index in [0.29, 0.717) is 5.75 Å². The van der Waals surface area contributed by atoms with Crippen LogP contribution in [0.3, 0.4) is 0 Å². The number of nitrogens with zero attached hydrogens (tertiary/aromatic N) is 1. The Morgan fingerprint density at radius 3 is 2.00 bits per heavy atom. The van der Waals surface area contributed by atoms with E-state index >= 15 is 0 Å². The molecule has 0 N–H and O–H groups in total. The Morgan fingerprint density at radius 2 is 1.48 bits per heavy atom. The predicted molar refractivity (Wildman–Crippen MR) is 86.9 cm³/mol. The molecule has 0 bridgehead atoms. The van der Waals surface area contributed by atoms with Crippen LogP contribution in [0.5, 0.6) is 5.75 Å². The van der Waals surface area contributed by atoms with Crippen molar-refractivity contribution >= 4 is 11.8 Å². The van der Waals surface area contributed by atoms with Gasteiger partial charge in [-0.1, -0.05) is 12.1 Å². The number of carbonyl (C=O) groups excluding carboxylic acids is 2. The van der Waals surface area contributed by atoms with E-state index in [-0.39, 0.29) is 24.1 Å². The molecule has 25 heavy (non-hydrogen) atoms. The lowest BCUT2D eigenvalue weighted by atomic mass is 10.0. The topological polar surface area (TPSA) is 46.6 Å². The van der Waals surface area contributed by atoms with Crippen molar-refractivity contribution in [3.63, 3.8) is 0 Å². The molecule has 2 aromatic carbocycles. The molecule has 0 spiro atoms. The van der Waals surface area contributed by atoms with E-state index in [0.717, 1.165) is 34.7 Å². The number of rotatable bonds is 5. The summed E-state index contributed by atoms with van der Waals surface area (Å²) in [6.07, 6.45) is 2.35. The molecule has 0 saturated carbocycles. The van der Waals surface area contributed by atoms with Gasteiger partial charge < -0.3 is 4.74 Å². The van der Waals surface area contributed by atoms with Crippen LogP contribution in [0, 0.1) is 11.6 Å². The minimum Gasteiger partial charge on any atom is -0.497 e. The largest absolute Gasteiger partial charge is 0.497 e. The highest BCUT2D eigenvalue weighted by atomic mass is 19.1. The van der Waals surface area contributed by atoms with Crippen LogP contribution in [-0.4, -0.2) is 23.8 Å². The molecule has 0 unspecified atom stereocenters. The molecule has 1 aliphatic rings. The maximum Gasteiger partial charge on any atom is 0.253 e. The Labute approximate surface area is 143 Å². The number of hydrogen-bond acceptors (Lipinski definition) is 3. The summed E-state index contributed by atoms with van der Waals surface area (Å²) in [4.78, 5) is 24.0. The van der Waals surface area contributed by atoms with Gasteiger partial charge in [-0.25, -0.2) is 8.78 Å². The van der Waals surface area contributed by atoms with E-state index in [1.54, 1.807) is 31.4 Å². The van der Waals surface area contributed by atoms with Crippen LogP contribution in [-0.2, 0) is 22.6 Å². The molecule has 6 heteroatoms. The molecule has 3 rings (SSSR count). The lowest BCUT2D eigenvalue weighted by molar-refractivity contribution is -0.137. The SMILES string of the molecule is COc1ccc(Cc2c(F)cc(CN3C(=O)C=CC3=O)cc2F)cc1. The number of carbonyl (C=O) groups is 2. The van der Waals surface area contributed by atoms with E-state index in [4.69, 9.17) is 4.74 Å². The molecule has 0 aromatic heterocycles. The smallest absolute Gasteiger partial charge is 0.253 e. The summed E-state index contributed by atoms with van der Waals surface area (Å²) in [6.45, 7) is -0.165. The van der Waals surface area contributed by atoms with Gasteiger partial charge in [0, 0.05) is 24.1 Å². The summed E-state index contributed by atoms with van der Waals surface area (Å²) in [5.41, 5.74) is 0.894. The Kier molecular flexibility index (Phi) is 4.61. The van der Waals surface area contributed by atoms with Gasteiger partial charge in [0.05, 0.1) is 13.7 Å². The summed E-state index contributed by atoms with van der Waals surface area (Å²) < 4.78 is 33.7. The maximum atomic E-state index is 14.3. The number of hydrogen-bond donors (Lipinski definition) is 0. The lowest BCUT2D eigenvalue weighted by Crippen LogP contribution is -2.29. The first-order valence-corrected chi connectivity index (χ1v) is 7.61. The van der Waals surface area contributed by atoms with Gasteiger partial charge in [-0.15, -0.1) is 0 Å². The molecule has 2 amide bonds. The molecule has 0 radical (unpaired) electrons. The zero-order valence-corrected chi connectivity index (χ0v) is 13.5. The van der Waals surface area contributed by atoms with Crippen LogP contribution >= 0.6 is 0 Å². The Morgan fingerprint density at radius 1 is 0.920 bits per heavy atom. The van der Waals surface area contributed by atoms with Crippen molar-refractivity contribution in [2.45, 2.75) is 13.0 Å². The van der Waals surface area contributed by atoms with Crippen molar-refractivity contribution in [2.24, 2.45) is 0 Å². The summed E-state index contributed by atoms with van der Waals surface area (Å²) >= 11 is 0. The van der Waals surface area contributed by atoms with Gasteiger partial charge in [0.2, 0.25) is 0 Å². The van der Waals surface area contributed by atoms with Gasteiger partial charge in [0.1, 0.15) is 17.4 Å². The average molecular weight is 343 g/mol. The highest BCUT2D eigenvalue weighted by Gasteiger charge is 2.24. The van der Waals surface area contributed by atoms with Crippen molar-refractivity contribution in [1.82, 2.24) is 4.90 Å².